The van der Waals surface area contributed by atoms with Crippen molar-refractivity contribution in [2.45, 2.75) is 6.54 Å². The third-order valence-electron chi connectivity index (χ3n) is 3.56. The molecule has 1 fully saturated rings. The molecule has 3 rings (SSSR count). The van der Waals surface area contributed by atoms with Crippen LogP contribution in [0.2, 0.25) is 0 Å². The molecular weight excluding hydrogens is 272 g/mol. The van der Waals surface area contributed by atoms with Gasteiger partial charge in [0.05, 0.1) is 0 Å². The van der Waals surface area contributed by atoms with Crippen molar-refractivity contribution in [1.29, 1.82) is 0 Å². The molecule has 1 aliphatic rings. The van der Waals surface area contributed by atoms with Crippen LogP contribution in [0.3, 0.4) is 0 Å². The monoisotopic (exact) mass is 290 g/mol. The number of phenolic OH excluding ortho intramolecular Hbond substituents is 1. The van der Waals surface area contributed by atoms with Gasteiger partial charge in [0.15, 0.2) is 5.13 Å². The molecule has 1 aromatic heterocycles. The lowest BCUT2D eigenvalue weighted by Gasteiger charge is -2.34. The Morgan fingerprint density at radius 2 is 2.05 bits per heavy atom. The maximum Gasteiger partial charge on any atom is 0.185 e. The van der Waals surface area contributed by atoms with Crippen LogP contribution in [-0.4, -0.2) is 41.2 Å². The van der Waals surface area contributed by atoms with Gasteiger partial charge in [-0.15, -0.1) is 11.3 Å². The second-order valence-electron chi connectivity index (χ2n) is 4.97. The summed E-state index contributed by atoms with van der Waals surface area (Å²) in [6, 6.07) is 5.23. The summed E-state index contributed by atoms with van der Waals surface area (Å²) >= 11 is 1.68. The summed E-state index contributed by atoms with van der Waals surface area (Å²) in [5.74, 6) is 0.321. The van der Waals surface area contributed by atoms with E-state index in [0.29, 0.717) is 11.4 Å². The van der Waals surface area contributed by atoms with Gasteiger partial charge in [-0.2, -0.15) is 0 Å². The second-order valence-corrected chi connectivity index (χ2v) is 5.84. The quantitative estimate of drug-likeness (QED) is 0.666. The summed E-state index contributed by atoms with van der Waals surface area (Å²) in [6.45, 7) is 4.61. The van der Waals surface area contributed by atoms with E-state index in [4.69, 9.17) is 5.73 Å². The van der Waals surface area contributed by atoms with E-state index in [-0.39, 0.29) is 0 Å². The Hall–Kier alpha value is -1.79. The van der Waals surface area contributed by atoms with Crippen LogP contribution in [0.25, 0.3) is 0 Å². The van der Waals surface area contributed by atoms with Crippen LogP contribution in [0, 0.1) is 0 Å². The first kappa shape index (κ1) is 13.2. The molecule has 0 spiro atoms. The Kier molecular flexibility index (Phi) is 3.75. The predicted molar refractivity (Wildman–Crippen MR) is 82.1 cm³/mol. The van der Waals surface area contributed by atoms with E-state index < -0.39 is 0 Å². The fraction of sp³-hybridized carbons (Fsp3) is 0.357. The van der Waals surface area contributed by atoms with E-state index in [1.807, 2.05) is 17.6 Å². The summed E-state index contributed by atoms with van der Waals surface area (Å²) in [7, 11) is 0. The molecule has 0 amide bonds. The number of thiazole rings is 1. The van der Waals surface area contributed by atoms with Gasteiger partial charge in [-0.05, 0) is 18.2 Å². The van der Waals surface area contributed by atoms with Crippen LogP contribution < -0.4 is 10.6 Å². The largest absolute Gasteiger partial charge is 0.508 e. The molecule has 2 aromatic rings. The third kappa shape index (κ3) is 2.86. The lowest BCUT2D eigenvalue weighted by Crippen LogP contribution is -2.45. The fourth-order valence-electron chi connectivity index (χ4n) is 2.44. The first-order valence-corrected chi connectivity index (χ1v) is 7.54. The third-order valence-corrected chi connectivity index (χ3v) is 4.39. The van der Waals surface area contributed by atoms with E-state index in [0.717, 1.165) is 43.4 Å². The molecule has 1 aromatic carbocycles. The molecule has 0 saturated carbocycles. The summed E-state index contributed by atoms with van der Waals surface area (Å²) in [6.07, 6.45) is 1.84. The predicted octanol–water partition coefficient (Wildman–Crippen LogP) is 1.75. The zero-order valence-corrected chi connectivity index (χ0v) is 12.0. The molecule has 1 saturated heterocycles. The van der Waals surface area contributed by atoms with Crippen LogP contribution in [0.5, 0.6) is 5.75 Å². The van der Waals surface area contributed by atoms with E-state index in [2.05, 4.69) is 14.8 Å². The average Bonchev–Trinajstić information content (AvgIpc) is 2.98. The van der Waals surface area contributed by atoms with Gasteiger partial charge in [0, 0.05) is 55.6 Å². The summed E-state index contributed by atoms with van der Waals surface area (Å²) in [5.41, 5.74) is 7.36. The molecule has 0 unspecified atom stereocenters. The molecule has 3 N–H and O–H groups in total. The number of phenols is 1. The number of anilines is 2. The maximum atomic E-state index is 9.87. The van der Waals surface area contributed by atoms with Crippen molar-refractivity contribution >= 4 is 22.2 Å². The zero-order valence-electron chi connectivity index (χ0n) is 11.2. The van der Waals surface area contributed by atoms with Gasteiger partial charge in [-0.1, -0.05) is 0 Å². The van der Waals surface area contributed by atoms with Crippen molar-refractivity contribution in [1.82, 2.24) is 9.88 Å². The number of aromatic hydroxyl groups is 1. The van der Waals surface area contributed by atoms with Gasteiger partial charge in [0.1, 0.15) is 5.75 Å². The number of rotatable bonds is 3. The Bertz CT molecular complexity index is 565. The minimum absolute atomic E-state index is 0.321. The van der Waals surface area contributed by atoms with E-state index in [9.17, 15) is 5.11 Å². The van der Waals surface area contributed by atoms with Crippen LogP contribution in [0.1, 0.15) is 5.56 Å². The number of hydrogen-bond acceptors (Lipinski definition) is 6. The number of aromatic nitrogens is 1. The van der Waals surface area contributed by atoms with Gasteiger partial charge in [-0.3, -0.25) is 4.90 Å². The second kappa shape index (κ2) is 5.68. The Balaban J connectivity index is 1.60. The maximum absolute atomic E-state index is 9.87. The van der Waals surface area contributed by atoms with Gasteiger partial charge < -0.3 is 15.7 Å². The SMILES string of the molecule is Nc1ccc(O)c(CN2CCN(c3nccs3)CC2)c1. The van der Waals surface area contributed by atoms with Crippen molar-refractivity contribution in [3.05, 3.63) is 35.3 Å². The minimum Gasteiger partial charge on any atom is -0.508 e. The summed E-state index contributed by atoms with van der Waals surface area (Å²) < 4.78 is 0. The Morgan fingerprint density at radius 3 is 2.75 bits per heavy atom. The van der Waals surface area contributed by atoms with Crippen molar-refractivity contribution in [2.24, 2.45) is 0 Å². The van der Waals surface area contributed by atoms with Gasteiger partial charge in [0.25, 0.3) is 0 Å². The molecular formula is C14H18N4OS. The molecule has 2 heterocycles. The van der Waals surface area contributed by atoms with Crippen LogP contribution in [0.4, 0.5) is 10.8 Å². The molecule has 106 valence electrons. The first-order chi connectivity index (χ1) is 9.72. The molecule has 6 heteroatoms. The number of hydrogen-bond donors (Lipinski definition) is 2. The highest BCUT2D eigenvalue weighted by Crippen LogP contribution is 2.23. The van der Waals surface area contributed by atoms with Gasteiger partial charge in [0.2, 0.25) is 0 Å². The number of nitrogen functional groups attached to an aromatic ring is 1. The van der Waals surface area contributed by atoms with E-state index >= 15 is 0 Å². The molecule has 0 aliphatic carbocycles. The number of nitrogens with zero attached hydrogens (tertiary/aromatic N) is 3. The van der Waals surface area contributed by atoms with Crippen LogP contribution in [0.15, 0.2) is 29.8 Å². The smallest absolute Gasteiger partial charge is 0.185 e. The summed E-state index contributed by atoms with van der Waals surface area (Å²) in [5, 5.41) is 13.0. The standard InChI is InChI=1S/C14H18N4OS/c15-12-1-2-13(19)11(9-12)10-17-4-6-18(7-5-17)14-16-3-8-20-14/h1-3,8-9,19H,4-7,10,15H2. The Labute approximate surface area is 122 Å². The molecule has 20 heavy (non-hydrogen) atoms. The average molecular weight is 290 g/mol. The van der Waals surface area contributed by atoms with Crippen molar-refractivity contribution in [2.75, 3.05) is 36.8 Å². The Morgan fingerprint density at radius 1 is 1.25 bits per heavy atom. The highest BCUT2D eigenvalue weighted by Gasteiger charge is 2.19. The number of nitrogens with two attached hydrogens (primary N) is 1. The van der Waals surface area contributed by atoms with E-state index in [1.165, 1.54) is 0 Å². The number of piperazine rings is 1. The van der Waals surface area contributed by atoms with Crippen molar-refractivity contribution < 1.29 is 5.11 Å². The number of benzene rings is 1. The van der Waals surface area contributed by atoms with Crippen LogP contribution in [-0.2, 0) is 6.54 Å². The molecule has 0 atom stereocenters. The summed E-state index contributed by atoms with van der Waals surface area (Å²) in [4.78, 5) is 8.98. The molecule has 0 bridgehead atoms. The lowest BCUT2D eigenvalue weighted by atomic mass is 10.1. The van der Waals surface area contributed by atoms with Gasteiger partial charge >= 0.3 is 0 Å². The fourth-order valence-corrected chi connectivity index (χ4v) is 3.14. The topological polar surface area (TPSA) is 65.6 Å². The lowest BCUT2D eigenvalue weighted by molar-refractivity contribution is 0.247. The minimum atomic E-state index is 0.321. The normalized spacial score (nSPS) is 16.5. The molecule has 0 radical (unpaired) electrons. The van der Waals surface area contributed by atoms with Gasteiger partial charge in [-0.25, -0.2) is 4.98 Å². The zero-order chi connectivity index (χ0) is 13.9. The van der Waals surface area contributed by atoms with E-state index in [1.54, 1.807) is 23.5 Å². The first-order valence-electron chi connectivity index (χ1n) is 6.66. The molecule has 1 aliphatic heterocycles. The molecule has 5 nitrogen and oxygen atoms in total. The highest BCUT2D eigenvalue weighted by molar-refractivity contribution is 7.13. The highest BCUT2D eigenvalue weighted by atomic mass is 32.1. The van der Waals surface area contributed by atoms with Crippen LogP contribution >= 0.6 is 11.3 Å². The van der Waals surface area contributed by atoms with Crippen molar-refractivity contribution in [3.63, 3.8) is 0 Å². The van der Waals surface area contributed by atoms with Crippen molar-refractivity contribution in [3.8, 4) is 5.75 Å².